The van der Waals surface area contributed by atoms with Crippen molar-refractivity contribution in [3.05, 3.63) is 24.3 Å². The highest BCUT2D eigenvalue weighted by molar-refractivity contribution is 5.81. The zero-order valence-electron chi connectivity index (χ0n) is 9.45. The molecule has 3 aliphatic rings. The highest BCUT2D eigenvalue weighted by atomic mass is 16.5. The highest BCUT2D eigenvalue weighted by Crippen LogP contribution is 2.59. The maximum absolute atomic E-state index is 11.0. The zero-order chi connectivity index (χ0) is 11.1. The number of rotatable bonds is 3. The molecule has 82 valence electrons. The van der Waals surface area contributed by atoms with E-state index in [1.54, 1.807) is 0 Å². The first-order chi connectivity index (χ1) is 7.05. The number of hydrogen-bond acceptors (Lipinski definition) is 2. The second-order valence-electron chi connectivity index (χ2n) is 5.13. The van der Waals surface area contributed by atoms with E-state index in [1.807, 2.05) is 0 Å². The molecule has 1 saturated carbocycles. The van der Waals surface area contributed by atoms with Gasteiger partial charge in [0.05, 0.1) is 0 Å². The molecule has 15 heavy (non-hydrogen) atoms. The molecule has 0 heterocycles. The Bertz CT molecular complexity index is 325. The Labute approximate surface area is 91.0 Å². The number of hydrogen-bond donors (Lipinski definition) is 0. The van der Waals surface area contributed by atoms with Crippen LogP contribution in [0.15, 0.2) is 24.3 Å². The summed E-state index contributed by atoms with van der Waals surface area (Å²) in [5.41, 5.74) is 1.71. The minimum atomic E-state index is -0.324. The quantitative estimate of drug-likeness (QED) is 0.403. The molecule has 3 rings (SSSR count). The topological polar surface area (TPSA) is 26.3 Å². The van der Waals surface area contributed by atoms with Crippen LogP contribution in [0.2, 0.25) is 0 Å². The van der Waals surface area contributed by atoms with Gasteiger partial charge in [0.15, 0.2) is 0 Å². The Hall–Kier alpha value is -1.05. The lowest BCUT2D eigenvalue weighted by atomic mass is 9.49. The summed E-state index contributed by atoms with van der Waals surface area (Å²) in [5.74, 6) is 1.13. The minimum Gasteiger partial charge on any atom is -0.458 e. The van der Waals surface area contributed by atoms with Crippen LogP contribution in [0.25, 0.3) is 0 Å². The minimum absolute atomic E-state index is 0.324. The van der Waals surface area contributed by atoms with Crippen LogP contribution in [0.1, 0.15) is 26.7 Å². The van der Waals surface area contributed by atoms with Crippen LogP contribution in [0.3, 0.4) is 0 Å². The van der Waals surface area contributed by atoms with Gasteiger partial charge in [0.2, 0.25) is 0 Å². The molecule has 2 unspecified atom stereocenters. The molecule has 0 aromatic rings. The lowest BCUT2D eigenvalue weighted by Gasteiger charge is -2.56. The van der Waals surface area contributed by atoms with E-state index >= 15 is 0 Å². The molecule has 0 aliphatic heterocycles. The lowest BCUT2D eigenvalue weighted by molar-refractivity contribution is -0.137. The monoisotopic (exact) mass is 206 g/mol. The van der Waals surface area contributed by atoms with Crippen molar-refractivity contribution in [3.63, 3.8) is 0 Å². The van der Waals surface area contributed by atoms with E-state index in [9.17, 15) is 4.79 Å². The molecule has 0 N–H and O–H groups in total. The summed E-state index contributed by atoms with van der Waals surface area (Å²) in [7, 11) is 0. The van der Waals surface area contributed by atoms with Gasteiger partial charge in [-0.15, -0.1) is 0 Å². The van der Waals surface area contributed by atoms with Crippen molar-refractivity contribution in [3.8, 4) is 0 Å². The third kappa shape index (κ3) is 1.62. The summed E-state index contributed by atoms with van der Waals surface area (Å²) in [6.45, 7) is 8.47. The molecule has 0 saturated heterocycles. The van der Waals surface area contributed by atoms with E-state index in [4.69, 9.17) is 4.74 Å². The SMILES string of the molecule is C=CC(=O)OCC1=CCC2CC1C2(C)C. The van der Waals surface area contributed by atoms with Gasteiger partial charge in [0, 0.05) is 6.08 Å². The third-order valence-corrected chi connectivity index (χ3v) is 4.13. The van der Waals surface area contributed by atoms with Crippen molar-refractivity contribution in [2.45, 2.75) is 26.7 Å². The van der Waals surface area contributed by atoms with Crippen LogP contribution in [-0.2, 0) is 9.53 Å². The van der Waals surface area contributed by atoms with Crippen molar-refractivity contribution in [2.24, 2.45) is 17.3 Å². The van der Waals surface area contributed by atoms with Crippen molar-refractivity contribution >= 4 is 5.97 Å². The molecule has 0 radical (unpaired) electrons. The molecule has 2 bridgehead atoms. The number of esters is 1. The van der Waals surface area contributed by atoms with Gasteiger partial charge in [0.25, 0.3) is 0 Å². The second-order valence-corrected chi connectivity index (χ2v) is 5.13. The lowest BCUT2D eigenvalue weighted by Crippen LogP contribution is -2.48. The molecule has 0 aromatic carbocycles. The van der Waals surface area contributed by atoms with Crippen LogP contribution in [-0.4, -0.2) is 12.6 Å². The fourth-order valence-corrected chi connectivity index (χ4v) is 2.85. The van der Waals surface area contributed by atoms with Crippen molar-refractivity contribution in [1.29, 1.82) is 0 Å². The summed E-state index contributed by atoms with van der Waals surface area (Å²) in [5, 5.41) is 0. The van der Waals surface area contributed by atoms with Gasteiger partial charge < -0.3 is 4.74 Å². The summed E-state index contributed by atoms with van der Waals surface area (Å²) < 4.78 is 5.09. The molecule has 0 spiro atoms. The summed E-state index contributed by atoms with van der Waals surface area (Å²) >= 11 is 0. The molecule has 1 fully saturated rings. The molecular weight excluding hydrogens is 188 g/mol. The van der Waals surface area contributed by atoms with Gasteiger partial charge in [-0.3, -0.25) is 0 Å². The van der Waals surface area contributed by atoms with Crippen LogP contribution in [0, 0.1) is 17.3 Å². The van der Waals surface area contributed by atoms with Gasteiger partial charge in [-0.05, 0) is 35.7 Å². The molecular formula is C13H18O2. The van der Waals surface area contributed by atoms with Crippen LogP contribution >= 0.6 is 0 Å². The molecule has 2 atom stereocenters. The number of fused-ring (bicyclic) bond motifs is 1. The Morgan fingerprint density at radius 2 is 2.47 bits per heavy atom. The second kappa shape index (κ2) is 3.51. The first kappa shape index (κ1) is 10.5. The predicted octanol–water partition coefficient (Wildman–Crippen LogP) is 2.71. The van der Waals surface area contributed by atoms with Gasteiger partial charge in [0.1, 0.15) is 6.61 Å². The van der Waals surface area contributed by atoms with E-state index in [1.165, 1.54) is 18.1 Å². The van der Waals surface area contributed by atoms with Crippen molar-refractivity contribution < 1.29 is 9.53 Å². The Morgan fingerprint density at radius 1 is 1.73 bits per heavy atom. The number of carbonyl (C=O) groups excluding carboxylic acids is 1. The van der Waals surface area contributed by atoms with Gasteiger partial charge in [-0.25, -0.2) is 4.79 Å². The first-order valence-electron chi connectivity index (χ1n) is 5.54. The van der Waals surface area contributed by atoms with Gasteiger partial charge >= 0.3 is 5.97 Å². The van der Waals surface area contributed by atoms with Gasteiger partial charge in [-0.1, -0.05) is 26.5 Å². The third-order valence-electron chi connectivity index (χ3n) is 4.13. The smallest absolute Gasteiger partial charge is 0.330 e. The zero-order valence-corrected chi connectivity index (χ0v) is 9.45. The summed E-state index contributed by atoms with van der Waals surface area (Å²) in [6.07, 6.45) is 5.88. The fraction of sp³-hybridized carbons (Fsp3) is 0.615. The van der Waals surface area contributed by atoms with E-state index < -0.39 is 0 Å². The standard InChI is InChI=1S/C13H18O2/c1-4-12(14)15-8-9-5-6-10-7-11(9)13(10,2)3/h4-5,10-11H,1,6-8H2,2-3H3. The largest absolute Gasteiger partial charge is 0.458 e. The van der Waals surface area contributed by atoms with Crippen LogP contribution in [0.4, 0.5) is 0 Å². The van der Waals surface area contributed by atoms with E-state index in [0.717, 1.165) is 12.3 Å². The maximum Gasteiger partial charge on any atom is 0.330 e. The van der Waals surface area contributed by atoms with E-state index in [2.05, 4.69) is 26.5 Å². The summed E-state index contributed by atoms with van der Waals surface area (Å²) in [6, 6.07) is 0. The Balaban J connectivity index is 1.97. The van der Waals surface area contributed by atoms with E-state index in [0.29, 0.717) is 17.9 Å². The predicted molar refractivity (Wildman–Crippen MR) is 59.2 cm³/mol. The Kier molecular flexibility index (Phi) is 2.45. The van der Waals surface area contributed by atoms with Crippen LogP contribution in [0.5, 0.6) is 0 Å². The molecule has 2 nitrogen and oxygen atoms in total. The normalized spacial score (nSPS) is 31.2. The van der Waals surface area contributed by atoms with Crippen LogP contribution < -0.4 is 0 Å². The summed E-state index contributed by atoms with van der Waals surface area (Å²) in [4.78, 5) is 11.0. The van der Waals surface area contributed by atoms with Gasteiger partial charge in [-0.2, -0.15) is 0 Å². The molecule has 3 aliphatic carbocycles. The Morgan fingerprint density at radius 3 is 3.00 bits per heavy atom. The number of allylic oxidation sites excluding steroid dienone is 1. The van der Waals surface area contributed by atoms with E-state index in [-0.39, 0.29) is 5.97 Å². The highest BCUT2D eigenvalue weighted by Gasteiger charge is 2.51. The number of carbonyl (C=O) groups is 1. The molecule has 0 amide bonds. The average Bonchev–Trinajstić information content (AvgIpc) is 2.25. The molecule has 0 aromatic heterocycles. The maximum atomic E-state index is 11.0. The van der Waals surface area contributed by atoms with Crippen molar-refractivity contribution in [2.75, 3.05) is 6.61 Å². The fourth-order valence-electron chi connectivity index (χ4n) is 2.85. The first-order valence-corrected chi connectivity index (χ1v) is 5.54. The number of ether oxygens (including phenoxy) is 1. The molecule has 2 heteroatoms. The average molecular weight is 206 g/mol. The van der Waals surface area contributed by atoms with Crippen molar-refractivity contribution in [1.82, 2.24) is 0 Å².